The monoisotopic (exact) mass is 546 g/mol. The first-order chi connectivity index (χ1) is 18.4. The van der Waals surface area contributed by atoms with Crippen molar-refractivity contribution in [3.05, 3.63) is 35.9 Å². The van der Waals surface area contributed by atoms with Crippen LogP contribution in [0.3, 0.4) is 0 Å². The lowest BCUT2D eigenvalue weighted by molar-refractivity contribution is -0.322. The van der Waals surface area contributed by atoms with Crippen LogP contribution in [0.2, 0.25) is 0 Å². The molecule has 0 radical (unpaired) electrons. The van der Waals surface area contributed by atoms with E-state index in [4.69, 9.17) is 14.3 Å². The highest BCUT2D eigenvalue weighted by atomic mass is 16.7. The molecule has 1 atom stereocenters. The average Bonchev–Trinajstić information content (AvgIpc) is 2.94. The molecule has 1 aromatic rings. The molecular weight excluding hydrogens is 496 g/mol. The van der Waals surface area contributed by atoms with Gasteiger partial charge in [-0.25, -0.2) is 0 Å². The van der Waals surface area contributed by atoms with Gasteiger partial charge < -0.3 is 14.4 Å². The fraction of sp³-hybridized carbons (Fsp3) is 0.710. The predicted molar refractivity (Wildman–Crippen MR) is 152 cm³/mol. The van der Waals surface area contributed by atoms with E-state index in [1.807, 2.05) is 54.1 Å². The Kier molecular flexibility index (Phi) is 11.6. The zero-order valence-electron chi connectivity index (χ0n) is 25.5. The highest BCUT2D eigenvalue weighted by molar-refractivity contribution is 5.94. The average molecular weight is 547 g/mol. The minimum absolute atomic E-state index is 0.0526. The fourth-order valence-electron chi connectivity index (χ4n) is 5.75. The number of hydrogen-bond donors (Lipinski definition) is 0. The SMILES string of the molecule is CCC1(CC)CN(C(C)(C)C)C(=O)C(CC)(CC)N1OC(CCc1ccccc1)CC(C(=O)OC)C(=O)OC. The van der Waals surface area contributed by atoms with Crippen LogP contribution >= 0.6 is 0 Å². The highest BCUT2D eigenvalue weighted by Crippen LogP contribution is 2.45. The van der Waals surface area contributed by atoms with Crippen molar-refractivity contribution in [2.45, 2.75) is 116 Å². The number of benzene rings is 1. The number of esters is 2. The number of hydroxylamine groups is 2. The number of hydrogen-bond acceptors (Lipinski definition) is 7. The summed E-state index contributed by atoms with van der Waals surface area (Å²) in [6.45, 7) is 15.1. The molecule has 0 aliphatic carbocycles. The maximum atomic E-state index is 14.2. The molecule has 0 spiro atoms. The molecular formula is C31H50N2O6. The topological polar surface area (TPSA) is 85.4 Å². The lowest BCUT2D eigenvalue weighted by Crippen LogP contribution is -2.76. The molecule has 1 aromatic carbocycles. The van der Waals surface area contributed by atoms with Gasteiger partial charge in [0.25, 0.3) is 0 Å². The third-order valence-electron chi connectivity index (χ3n) is 8.53. The standard InChI is InChI=1S/C31H50N2O6/c1-10-30(11-2)22-32(29(5,6)7)28(36)31(12-3,13-4)33(30)39-24(20-19-23-17-15-14-16-18-23)21-25(26(34)37-8)27(35)38-9/h14-18,24-25H,10-13,19-22H2,1-9H3. The van der Waals surface area contributed by atoms with Crippen LogP contribution in [0.4, 0.5) is 0 Å². The first-order valence-corrected chi connectivity index (χ1v) is 14.4. The van der Waals surface area contributed by atoms with E-state index in [2.05, 4.69) is 34.6 Å². The van der Waals surface area contributed by atoms with Crippen LogP contribution in [-0.2, 0) is 35.1 Å². The number of ether oxygens (including phenoxy) is 2. The van der Waals surface area contributed by atoms with Gasteiger partial charge in [0, 0.05) is 12.1 Å². The van der Waals surface area contributed by atoms with Crippen molar-refractivity contribution in [3.63, 3.8) is 0 Å². The fourth-order valence-corrected chi connectivity index (χ4v) is 5.75. The number of carbonyl (C=O) groups is 3. The summed E-state index contributed by atoms with van der Waals surface area (Å²) >= 11 is 0. The molecule has 0 N–H and O–H groups in total. The van der Waals surface area contributed by atoms with E-state index in [1.54, 1.807) is 0 Å². The molecule has 1 aliphatic rings. The first-order valence-electron chi connectivity index (χ1n) is 14.4. The van der Waals surface area contributed by atoms with Gasteiger partial charge in [-0.3, -0.25) is 19.2 Å². The van der Waals surface area contributed by atoms with E-state index >= 15 is 0 Å². The second-order valence-corrected chi connectivity index (χ2v) is 11.6. The number of aryl methyl sites for hydroxylation is 1. The van der Waals surface area contributed by atoms with Crippen LogP contribution in [0.15, 0.2) is 30.3 Å². The van der Waals surface area contributed by atoms with Crippen LogP contribution in [0, 0.1) is 5.92 Å². The minimum Gasteiger partial charge on any atom is -0.468 e. The van der Waals surface area contributed by atoms with Crippen LogP contribution in [0.25, 0.3) is 0 Å². The van der Waals surface area contributed by atoms with Crippen molar-refractivity contribution in [2.24, 2.45) is 5.92 Å². The number of amides is 1. The Labute approximate surface area is 235 Å². The summed E-state index contributed by atoms with van der Waals surface area (Å²) in [6, 6.07) is 10.0. The smallest absolute Gasteiger partial charge is 0.320 e. The second kappa shape index (κ2) is 13.8. The van der Waals surface area contributed by atoms with E-state index in [-0.39, 0.29) is 17.9 Å². The van der Waals surface area contributed by atoms with Crippen LogP contribution in [0.1, 0.15) is 92.6 Å². The number of methoxy groups -OCH3 is 2. The lowest BCUT2D eigenvalue weighted by Gasteiger charge is -2.61. The maximum absolute atomic E-state index is 14.2. The normalized spacial score (nSPS) is 18.2. The molecule has 39 heavy (non-hydrogen) atoms. The zero-order chi connectivity index (χ0) is 29.4. The Morgan fingerprint density at radius 2 is 1.46 bits per heavy atom. The van der Waals surface area contributed by atoms with Crippen molar-refractivity contribution in [2.75, 3.05) is 20.8 Å². The molecule has 1 heterocycles. The van der Waals surface area contributed by atoms with E-state index in [9.17, 15) is 14.4 Å². The molecule has 1 unspecified atom stereocenters. The molecule has 220 valence electrons. The van der Waals surface area contributed by atoms with Crippen LogP contribution < -0.4 is 0 Å². The number of carbonyl (C=O) groups excluding carboxylic acids is 3. The molecule has 1 fully saturated rings. The zero-order valence-corrected chi connectivity index (χ0v) is 25.5. The van der Waals surface area contributed by atoms with Crippen LogP contribution in [0.5, 0.6) is 0 Å². The van der Waals surface area contributed by atoms with Gasteiger partial charge in [0.2, 0.25) is 5.91 Å². The first kappa shape index (κ1) is 32.8. The summed E-state index contributed by atoms with van der Waals surface area (Å²) in [5.41, 5.74) is -0.539. The Balaban J connectivity index is 2.59. The molecule has 1 saturated heterocycles. The quantitative estimate of drug-likeness (QED) is 0.244. The Morgan fingerprint density at radius 3 is 1.90 bits per heavy atom. The third kappa shape index (κ3) is 7.01. The van der Waals surface area contributed by atoms with Gasteiger partial charge in [-0.2, -0.15) is 5.06 Å². The molecule has 2 rings (SSSR count). The van der Waals surface area contributed by atoms with Crippen molar-refractivity contribution in [3.8, 4) is 0 Å². The summed E-state index contributed by atoms with van der Waals surface area (Å²) in [7, 11) is 2.53. The van der Waals surface area contributed by atoms with E-state index < -0.39 is 35.0 Å². The molecule has 1 amide bonds. The van der Waals surface area contributed by atoms with E-state index in [0.717, 1.165) is 18.4 Å². The van der Waals surface area contributed by atoms with Crippen molar-refractivity contribution in [1.82, 2.24) is 9.96 Å². The molecule has 1 aliphatic heterocycles. The van der Waals surface area contributed by atoms with Gasteiger partial charge in [-0.15, -0.1) is 0 Å². The Bertz CT molecular complexity index is 934. The summed E-state index contributed by atoms with van der Waals surface area (Å²) in [5, 5.41) is 1.98. The molecule has 8 nitrogen and oxygen atoms in total. The lowest BCUT2D eigenvalue weighted by atomic mass is 9.77. The number of piperazine rings is 1. The highest BCUT2D eigenvalue weighted by Gasteiger charge is 2.59. The van der Waals surface area contributed by atoms with Crippen LogP contribution in [-0.4, -0.2) is 71.3 Å². The summed E-state index contributed by atoms with van der Waals surface area (Å²) in [6.07, 6.45) is 3.48. The van der Waals surface area contributed by atoms with Gasteiger partial charge in [-0.05, 0) is 71.3 Å². The minimum atomic E-state index is -1.12. The van der Waals surface area contributed by atoms with Gasteiger partial charge in [0.05, 0.1) is 25.9 Å². The van der Waals surface area contributed by atoms with Crippen molar-refractivity contribution >= 4 is 17.8 Å². The van der Waals surface area contributed by atoms with Gasteiger partial charge in [0.15, 0.2) is 5.92 Å². The van der Waals surface area contributed by atoms with Gasteiger partial charge in [-0.1, -0.05) is 58.0 Å². The third-order valence-corrected chi connectivity index (χ3v) is 8.53. The van der Waals surface area contributed by atoms with Crippen molar-refractivity contribution in [1.29, 1.82) is 0 Å². The van der Waals surface area contributed by atoms with E-state index in [1.165, 1.54) is 14.2 Å². The number of rotatable bonds is 13. The maximum Gasteiger partial charge on any atom is 0.320 e. The van der Waals surface area contributed by atoms with Gasteiger partial charge >= 0.3 is 11.9 Å². The Morgan fingerprint density at radius 1 is 0.923 bits per heavy atom. The largest absolute Gasteiger partial charge is 0.468 e. The summed E-state index contributed by atoms with van der Waals surface area (Å²) < 4.78 is 9.91. The van der Waals surface area contributed by atoms with E-state index in [0.29, 0.717) is 32.2 Å². The van der Waals surface area contributed by atoms with Gasteiger partial charge in [0.1, 0.15) is 5.54 Å². The molecule has 0 bridgehead atoms. The number of nitrogens with zero attached hydrogens (tertiary/aromatic N) is 2. The Hall–Kier alpha value is -2.45. The molecule has 0 aromatic heterocycles. The molecule has 0 saturated carbocycles. The van der Waals surface area contributed by atoms with Crippen molar-refractivity contribution < 1.29 is 28.7 Å². The summed E-state index contributed by atoms with van der Waals surface area (Å²) in [5.74, 6) is -2.38. The second-order valence-electron chi connectivity index (χ2n) is 11.6. The summed E-state index contributed by atoms with van der Waals surface area (Å²) in [4.78, 5) is 48.5. The predicted octanol–water partition coefficient (Wildman–Crippen LogP) is 5.33. The molecule has 8 heteroatoms.